The maximum atomic E-state index is 11.5. The second-order valence-corrected chi connectivity index (χ2v) is 4.85. The first-order valence-electron chi connectivity index (χ1n) is 6.59. The van der Waals surface area contributed by atoms with Gasteiger partial charge in [0.2, 0.25) is 5.91 Å². The van der Waals surface area contributed by atoms with Gasteiger partial charge in [-0.1, -0.05) is 12.1 Å². The molecule has 5 heteroatoms. The summed E-state index contributed by atoms with van der Waals surface area (Å²) in [5.41, 5.74) is 6.28. The van der Waals surface area contributed by atoms with Gasteiger partial charge in [-0.2, -0.15) is 0 Å². The number of benzene rings is 1. The van der Waals surface area contributed by atoms with Gasteiger partial charge in [-0.3, -0.25) is 4.79 Å². The number of carbonyl (C=O) groups excluding carboxylic acids is 1. The Morgan fingerprint density at radius 2 is 2.21 bits per heavy atom. The number of hydrogen-bond acceptors (Lipinski definition) is 4. The predicted octanol–water partition coefficient (Wildman–Crippen LogP) is 0.925. The molecule has 1 aliphatic rings. The fourth-order valence-electron chi connectivity index (χ4n) is 1.82. The fraction of sp³-hybridized carbons (Fsp3) is 0.500. The molecule has 0 spiro atoms. The number of aliphatic hydroxyl groups excluding tert-OH is 1. The molecular weight excluding hydrogens is 244 g/mol. The van der Waals surface area contributed by atoms with Crippen molar-refractivity contribution < 1.29 is 14.6 Å². The zero-order valence-corrected chi connectivity index (χ0v) is 10.8. The molecule has 1 fully saturated rings. The predicted molar refractivity (Wildman–Crippen MR) is 72.7 cm³/mol. The summed E-state index contributed by atoms with van der Waals surface area (Å²) in [6.45, 7) is 0.608. The van der Waals surface area contributed by atoms with Crippen molar-refractivity contribution in [3.05, 3.63) is 24.3 Å². The smallest absolute Gasteiger partial charge is 0.223 e. The lowest BCUT2D eigenvalue weighted by Gasteiger charge is -2.11. The number of amides is 1. The van der Waals surface area contributed by atoms with Crippen molar-refractivity contribution in [2.24, 2.45) is 5.92 Å². The second-order valence-electron chi connectivity index (χ2n) is 4.85. The number of nitrogens with one attached hydrogen (secondary N) is 1. The molecular formula is C14H20N2O3. The van der Waals surface area contributed by atoms with Crippen LogP contribution in [0.3, 0.4) is 0 Å². The second kappa shape index (κ2) is 6.43. The lowest BCUT2D eigenvalue weighted by Crippen LogP contribution is -2.33. The van der Waals surface area contributed by atoms with E-state index in [0.29, 0.717) is 23.9 Å². The van der Waals surface area contributed by atoms with Gasteiger partial charge >= 0.3 is 0 Å². The van der Waals surface area contributed by atoms with Gasteiger partial charge in [0.05, 0.1) is 24.8 Å². The molecule has 1 aromatic rings. The molecule has 19 heavy (non-hydrogen) atoms. The molecule has 0 radical (unpaired) electrons. The molecule has 1 amide bonds. The summed E-state index contributed by atoms with van der Waals surface area (Å²) in [5, 5.41) is 12.3. The highest BCUT2D eigenvalue weighted by atomic mass is 16.5. The van der Waals surface area contributed by atoms with Crippen molar-refractivity contribution >= 4 is 11.6 Å². The van der Waals surface area contributed by atoms with Crippen molar-refractivity contribution in [1.82, 2.24) is 5.32 Å². The minimum Gasteiger partial charge on any atom is -0.491 e. The average molecular weight is 264 g/mol. The first-order valence-corrected chi connectivity index (χ1v) is 6.59. The van der Waals surface area contributed by atoms with Crippen LogP contribution in [0.5, 0.6) is 5.75 Å². The van der Waals surface area contributed by atoms with E-state index in [4.69, 9.17) is 10.5 Å². The summed E-state index contributed by atoms with van der Waals surface area (Å²) in [5.74, 6) is 0.850. The van der Waals surface area contributed by atoms with E-state index in [1.54, 1.807) is 12.1 Å². The standard InChI is InChI=1S/C14H20N2O3/c15-11-3-1-2-4-13(11)19-8-7-14(18)16-9-12(17)10-5-6-10/h1-4,10,12,17H,5-9,15H2,(H,16,18). The van der Waals surface area contributed by atoms with E-state index in [9.17, 15) is 9.90 Å². The summed E-state index contributed by atoms with van der Waals surface area (Å²) in [7, 11) is 0. The monoisotopic (exact) mass is 264 g/mol. The third-order valence-electron chi connectivity index (χ3n) is 3.18. The number of nitrogens with two attached hydrogens (primary N) is 1. The van der Waals surface area contributed by atoms with Gasteiger partial charge in [-0.05, 0) is 30.9 Å². The number of carbonyl (C=O) groups is 1. The molecule has 1 saturated carbocycles. The zero-order chi connectivity index (χ0) is 13.7. The minimum absolute atomic E-state index is 0.116. The first-order chi connectivity index (χ1) is 9.16. The van der Waals surface area contributed by atoms with E-state index in [1.165, 1.54) is 0 Å². The summed E-state index contributed by atoms with van der Waals surface area (Å²) in [6.07, 6.45) is 1.97. The number of para-hydroxylation sites is 2. The number of hydrogen-bond donors (Lipinski definition) is 3. The Labute approximate surface area is 112 Å². The van der Waals surface area contributed by atoms with Gasteiger partial charge in [0.15, 0.2) is 0 Å². The van der Waals surface area contributed by atoms with Crippen LogP contribution in [0.1, 0.15) is 19.3 Å². The van der Waals surface area contributed by atoms with Crippen LogP contribution < -0.4 is 15.8 Å². The zero-order valence-electron chi connectivity index (χ0n) is 10.8. The van der Waals surface area contributed by atoms with Crippen LogP contribution in [0.15, 0.2) is 24.3 Å². The van der Waals surface area contributed by atoms with Crippen molar-refractivity contribution in [3.63, 3.8) is 0 Å². The lowest BCUT2D eigenvalue weighted by molar-refractivity contribution is -0.122. The molecule has 1 aromatic carbocycles. The molecule has 0 aliphatic heterocycles. The number of aliphatic hydroxyl groups is 1. The summed E-state index contributed by atoms with van der Waals surface area (Å²) in [6, 6.07) is 7.18. The maximum absolute atomic E-state index is 11.5. The largest absolute Gasteiger partial charge is 0.491 e. The normalized spacial score (nSPS) is 15.8. The number of anilines is 1. The molecule has 5 nitrogen and oxygen atoms in total. The molecule has 104 valence electrons. The Kier molecular flexibility index (Phi) is 4.63. The van der Waals surface area contributed by atoms with Crippen LogP contribution in [0.4, 0.5) is 5.69 Å². The molecule has 2 rings (SSSR count). The van der Waals surface area contributed by atoms with Gasteiger partial charge in [-0.25, -0.2) is 0 Å². The van der Waals surface area contributed by atoms with Crippen molar-refractivity contribution in [3.8, 4) is 5.75 Å². The van der Waals surface area contributed by atoms with Crippen LogP contribution in [-0.2, 0) is 4.79 Å². The van der Waals surface area contributed by atoms with E-state index < -0.39 is 6.10 Å². The topological polar surface area (TPSA) is 84.6 Å². The SMILES string of the molecule is Nc1ccccc1OCCC(=O)NCC(O)C1CC1. The third kappa shape index (κ3) is 4.44. The van der Waals surface area contributed by atoms with Gasteiger partial charge in [0, 0.05) is 6.54 Å². The van der Waals surface area contributed by atoms with E-state index in [2.05, 4.69) is 5.32 Å². The molecule has 0 heterocycles. The minimum atomic E-state index is -0.408. The van der Waals surface area contributed by atoms with Gasteiger partial charge in [-0.15, -0.1) is 0 Å². The maximum Gasteiger partial charge on any atom is 0.223 e. The van der Waals surface area contributed by atoms with Gasteiger partial charge in [0.25, 0.3) is 0 Å². The molecule has 0 bridgehead atoms. The molecule has 0 aromatic heterocycles. The molecule has 4 N–H and O–H groups in total. The average Bonchev–Trinajstić information content (AvgIpc) is 3.22. The van der Waals surface area contributed by atoms with Crippen LogP contribution in [0.2, 0.25) is 0 Å². The van der Waals surface area contributed by atoms with E-state index in [-0.39, 0.29) is 18.9 Å². The Balaban J connectivity index is 1.62. The summed E-state index contributed by atoms with van der Waals surface area (Å²) >= 11 is 0. The lowest BCUT2D eigenvalue weighted by atomic mass is 10.2. The number of nitrogen functional groups attached to an aromatic ring is 1. The number of ether oxygens (including phenoxy) is 1. The summed E-state index contributed by atoms with van der Waals surface area (Å²) < 4.78 is 5.43. The van der Waals surface area contributed by atoms with E-state index >= 15 is 0 Å². The Morgan fingerprint density at radius 1 is 1.47 bits per heavy atom. The van der Waals surface area contributed by atoms with Crippen molar-refractivity contribution in [1.29, 1.82) is 0 Å². The van der Waals surface area contributed by atoms with Gasteiger partial charge < -0.3 is 20.9 Å². The van der Waals surface area contributed by atoms with E-state index in [0.717, 1.165) is 12.8 Å². The van der Waals surface area contributed by atoms with Crippen LogP contribution >= 0.6 is 0 Å². The number of rotatable bonds is 7. The molecule has 1 atom stereocenters. The summed E-state index contributed by atoms with van der Waals surface area (Å²) in [4.78, 5) is 11.5. The third-order valence-corrected chi connectivity index (χ3v) is 3.18. The highest BCUT2D eigenvalue weighted by molar-refractivity contribution is 5.76. The Hall–Kier alpha value is -1.75. The Bertz CT molecular complexity index is 432. The van der Waals surface area contributed by atoms with Crippen LogP contribution in [0, 0.1) is 5.92 Å². The highest BCUT2D eigenvalue weighted by Gasteiger charge is 2.29. The van der Waals surface area contributed by atoms with Gasteiger partial charge in [0.1, 0.15) is 5.75 Å². The first kappa shape index (κ1) is 13.7. The fourth-order valence-corrected chi connectivity index (χ4v) is 1.82. The van der Waals surface area contributed by atoms with E-state index in [1.807, 2.05) is 12.1 Å². The van der Waals surface area contributed by atoms with Crippen molar-refractivity contribution in [2.75, 3.05) is 18.9 Å². The van der Waals surface area contributed by atoms with Crippen LogP contribution in [0.25, 0.3) is 0 Å². The highest BCUT2D eigenvalue weighted by Crippen LogP contribution is 2.32. The molecule has 0 saturated heterocycles. The van der Waals surface area contributed by atoms with Crippen molar-refractivity contribution in [2.45, 2.75) is 25.4 Å². The molecule has 1 unspecified atom stereocenters. The quantitative estimate of drug-likeness (QED) is 0.639. The van der Waals surface area contributed by atoms with Crippen LogP contribution in [-0.4, -0.2) is 30.3 Å². The molecule has 1 aliphatic carbocycles. The Morgan fingerprint density at radius 3 is 2.89 bits per heavy atom.